The molecule has 0 amide bonds. The van der Waals surface area contributed by atoms with Gasteiger partial charge in [0.15, 0.2) is 0 Å². The summed E-state index contributed by atoms with van der Waals surface area (Å²) in [5.41, 5.74) is 5.91. The van der Waals surface area contributed by atoms with Gasteiger partial charge in [-0.3, -0.25) is 0 Å². The van der Waals surface area contributed by atoms with E-state index in [0.29, 0.717) is 12.1 Å². The van der Waals surface area contributed by atoms with Gasteiger partial charge in [0.1, 0.15) is 0 Å². The van der Waals surface area contributed by atoms with Crippen molar-refractivity contribution in [2.24, 2.45) is 5.73 Å². The molecule has 14 heavy (non-hydrogen) atoms. The Morgan fingerprint density at radius 2 is 1.86 bits per heavy atom. The molecule has 2 rings (SSSR count). The van der Waals surface area contributed by atoms with Gasteiger partial charge in [-0.2, -0.15) is 0 Å². The van der Waals surface area contributed by atoms with Gasteiger partial charge in [0.2, 0.25) is 0 Å². The number of nitrogens with two attached hydrogens (primary N) is 1. The summed E-state index contributed by atoms with van der Waals surface area (Å²) in [6.45, 7) is 6.41. The van der Waals surface area contributed by atoms with Gasteiger partial charge in [-0.05, 0) is 25.7 Å². The first-order valence-electron chi connectivity index (χ1n) is 5.60. The molecule has 1 aliphatic carbocycles. The van der Waals surface area contributed by atoms with Crippen LogP contribution in [-0.4, -0.2) is 42.0 Å². The second-order valence-corrected chi connectivity index (χ2v) is 4.60. The molecular formula is C11H21N3. The normalized spacial score (nSPS) is 34.0. The number of hydrogen-bond acceptors (Lipinski definition) is 3. The Hall–Kier alpha value is -0.700. The van der Waals surface area contributed by atoms with E-state index >= 15 is 0 Å². The molecule has 0 spiro atoms. The highest BCUT2D eigenvalue weighted by Crippen LogP contribution is 2.27. The highest BCUT2D eigenvalue weighted by Gasteiger charge is 2.29. The van der Waals surface area contributed by atoms with E-state index in [2.05, 4.69) is 23.4 Å². The van der Waals surface area contributed by atoms with Crippen molar-refractivity contribution < 1.29 is 0 Å². The lowest BCUT2D eigenvalue weighted by molar-refractivity contribution is 0.206. The third kappa shape index (κ3) is 1.73. The molecule has 3 nitrogen and oxygen atoms in total. The van der Waals surface area contributed by atoms with Crippen molar-refractivity contribution in [2.75, 3.05) is 20.1 Å². The van der Waals surface area contributed by atoms with E-state index < -0.39 is 0 Å². The molecule has 0 aromatic heterocycles. The SMILES string of the molecule is C=C1N(C)CCN1C1CCC(N)CC1. The summed E-state index contributed by atoms with van der Waals surface area (Å²) in [6, 6.07) is 1.15. The summed E-state index contributed by atoms with van der Waals surface area (Å²) >= 11 is 0. The molecule has 80 valence electrons. The Kier molecular flexibility index (Phi) is 2.68. The van der Waals surface area contributed by atoms with Crippen molar-refractivity contribution in [3.63, 3.8) is 0 Å². The van der Waals surface area contributed by atoms with Crippen LogP contribution < -0.4 is 5.73 Å². The Morgan fingerprint density at radius 3 is 2.36 bits per heavy atom. The van der Waals surface area contributed by atoms with Crippen molar-refractivity contribution in [2.45, 2.75) is 37.8 Å². The minimum atomic E-state index is 0.444. The molecule has 0 unspecified atom stereocenters. The smallest absolute Gasteiger partial charge is 0.0966 e. The first kappa shape index (κ1) is 9.84. The second-order valence-electron chi connectivity index (χ2n) is 4.60. The van der Waals surface area contributed by atoms with E-state index in [4.69, 9.17) is 5.73 Å². The van der Waals surface area contributed by atoms with E-state index in [9.17, 15) is 0 Å². The molecule has 0 atom stereocenters. The number of hydrogen-bond donors (Lipinski definition) is 1. The molecule has 1 saturated carbocycles. The molecular weight excluding hydrogens is 174 g/mol. The minimum absolute atomic E-state index is 0.444. The second kappa shape index (κ2) is 3.81. The molecule has 0 radical (unpaired) electrons. The molecule has 2 N–H and O–H groups in total. The van der Waals surface area contributed by atoms with E-state index in [1.165, 1.54) is 31.5 Å². The summed E-state index contributed by atoms with van der Waals surface area (Å²) < 4.78 is 0. The van der Waals surface area contributed by atoms with Crippen molar-refractivity contribution in [1.82, 2.24) is 9.80 Å². The lowest BCUT2D eigenvalue weighted by Gasteiger charge is -2.35. The van der Waals surface area contributed by atoms with Crippen molar-refractivity contribution >= 4 is 0 Å². The molecule has 1 saturated heterocycles. The van der Waals surface area contributed by atoms with E-state index in [0.717, 1.165) is 13.1 Å². The van der Waals surface area contributed by atoms with E-state index in [1.54, 1.807) is 0 Å². The molecule has 1 heterocycles. The maximum atomic E-state index is 5.91. The Bertz CT molecular complexity index is 219. The third-order valence-corrected chi connectivity index (χ3v) is 3.63. The molecule has 0 aromatic rings. The first-order valence-corrected chi connectivity index (χ1v) is 5.60. The minimum Gasteiger partial charge on any atom is -0.360 e. The van der Waals surface area contributed by atoms with E-state index in [-0.39, 0.29) is 0 Å². The average Bonchev–Trinajstić information content (AvgIpc) is 2.50. The van der Waals surface area contributed by atoms with Crippen LogP contribution in [0.4, 0.5) is 0 Å². The van der Waals surface area contributed by atoms with E-state index in [1.807, 2.05) is 0 Å². The highest BCUT2D eigenvalue weighted by atomic mass is 15.4. The molecule has 0 bridgehead atoms. The molecule has 3 heteroatoms. The van der Waals surface area contributed by atoms with Crippen LogP contribution in [0.15, 0.2) is 12.4 Å². The van der Waals surface area contributed by atoms with Gasteiger partial charge in [-0.1, -0.05) is 6.58 Å². The largest absolute Gasteiger partial charge is 0.360 e. The van der Waals surface area contributed by atoms with Crippen LogP contribution in [-0.2, 0) is 0 Å². The predicted octanol–water partition coefficient (Wildman–Crippen LogP) is 0.975. The van der Waals surface area contributed by atoms with Gasteiger partial charge in [-0.15, -0.1) is 0 Å². The summed E-state index contributed by atoms with van der Waals surface area (Å²) in [4.78, 5) is 4.71. The fourth-order valence-electron chi connectivity index (χ4n) is 2.54. The fourth-order valence-corrected chi connectivity index (χ4v) is 2.54. The first-order chi connectivity index (χ1) is 6.68. The summed E-state index contributed by atoms with van der Waals surface area (Å²) in [5, 5.41) is 0. The van der Waals surface area contributed by atoms with Crippen molar-refractivity contribution in [3.05, 3.63) is 12.4 Å². The lowest BCUT2D eigenvalue weighted by atomic mass is 9.91. The summed E-state index contributed by atoms with van der Waals surface area (Å²) in [6.07, 6.45) is 4.85. The van der Waals surface area contributed by atoms with Crippen LogP contribution in [0.25, 0.3) is 0 Å². The van der Waals surface area contributed by atoms with Crippen LogP contribution in [0, 0.1) is 0 Å². The molecule has 1 aliphatic heterocycles. The Balaban J connectivity index is 1.93. The molecule has 0 aromatic carbocycles. The topological polar surface area (TPSA) is 32.5 Å². The van der Waals surface area contributed by atoms with Gasteiger partial charge in [-0.25, -0.2) is 0 Å². The summed E-state index contributed by atoms with van der Waals surface area (Å²) in [5.74, 6) is 1.20. The maximum Gasteiger partial charge on any atom is 0.0966 e. The van der Waals surface area contributed by atoms with Crippen LogP contribution >= 0.6 is 0 Å². The van der Waals surface area contributed by atoms with Gasteiger partial charge in [0.25, 0.3) is 0 Å². The number of rotatable bonds is 1. The highest BCUT2D eigenvalue weighted by molar-refractivity contribution is 5.02. The molecule has 2 aliphatic rings. The van der Waals surface area contributed by atoms with Crippen LogP contribution in [0.2, 0.25) is 0 Å². The van der Waals surface area contributed by atoms with Crippen molar-refractivity contribution in [3.8, 4) is 0 Å². The zero-order chi connectivity index (χ0) is 10.1. The lowest BCUT2D eigenvalue weighted by Crippen LogP contribution is -2.39. The third-order valence-electron chi connectivity index (χ3n) is 3.63. The Morgan fingerprint density at radius 1 is 1.21 bits per heavy atom. The predicted molar refractivity (Wildman–Crippen MR) is 58.7 cm³/mol. The number of likely N-dealkylation sites (N-methyl/N-ethyl adjacent to an activating group) is 1. The van der Waals surface area contributed by atoms with Crippen LogP contribution in [0.3, 0.4) is 0 Å². The van der Waals surface area contributed by atoms with Gasteiger partial charge >= 0.3 is 0 Å². The quantitative estimate of drug-likeness (QED) is 0.677. The summed E-state index contributed by atoms with van der Waals surface area (Å²) in [7, 11) is 2.12. The van der Waals surface area contributed by atoms with Crippen LogP contribution in [0.5, 0.6) is 0 Å². The zero-order valence-corrected chi connectivity index (χ0v) is 9.08. The van der Waals surface area contributed by atoms with Crippen molar-refractivity contribution in [1.29, 1.82) is 0 Å². The van der Waals surface area contributed by atoms with Gasteiger partial charge in [0, 0.05) is 32.2 Å². The Labute approximate surface area is 86.5 Å². The maximum absolute atomic E-state index is 5.91. The fraction of sp³-hybridized carbons (Fsp3) is 0.818. The van der Waals surface area contributed by atoms with Crippen LogP contribution in [0.1, 0.15) is 25.7 Å². The zero-order valence-electron chi connectivity index (χ0n) is 9.08. The number of nitrogens with zero attached hydrogens (tertiary/aromatic N) is 2. The van der Waals surface area contributed by atoms with Gasteiger partial charge in [0.05, 0.1) is 5.82 Å². The monoisotopic (exact) mass is 195 g/mol. The molecule has 2 fully saturated rings. The standard InChI is InChI=1S/C11H21N3/c1-9-13(2)7-8-14(9)11-5-3-10(12)4-6-11/h10-11H,1,3-8,12H2,2H3. The average molecular weight is 195 g/mol. The van der Waals surface area contributed by atoms with Gasteiger partial charge < -0.3 is 15.5 Å².